The molecule has 3 rings (SSSR count). The lowest BCUT2D eigenvalue weighted by atomic mass is 10.1. The lowest BCUT2D eigenvalue weighted by Gasteiger charge is -2.06. The van der Waals surface area contributed by atoms with E-state index in [4.69, 9.17) is 4.74 Å². The van der Waals surface area contributed by atoms with Crippen molar-refractivity contribution >= 4 is 16.9 Å². The number of aromatic nitrogens is 1. The van der Waals surface area contributed by atoms with Gasteiger partial charge in [0.25, 0.3) is 0 Å². The molecule has 0 saturated carbocycles. The van der Waals surface area contributed by atoms with E-state index in [1.165, 1.54) is 12.1 Å². The van der Waals surface area contributed by atoms with E-state index in [0.29, 0.717) is 11.1 Å². The fraction of sp³-hybridized carbons (Fsp3) is 0.167. The largest absolute Gasteiger partial charge is 0.489 e. The van der Waals surface area contributed by atoms with Crippen LogP contribution in [-0.4, -0.2) is 15.6 Å². The standard InChI is InChI=1S/C18H16FNO3/c1-2-20-10-12(11-23-14-6-3-5-13(19)9-14)17-15(18(21)22)7-4-8-16(17)20/h3-10H,2,11H2,1H3,(H,21,22). The van der Waals surface area contributed by atoms with E-state index < -0.39 is 5.97 Å². The summed E-state index contributed by atoms with van der Waals surface area (Å²) in [6, 6.07) is 11.1. The second kappa shape index (κ2) is 6.12. The highest BCUT2D eigenvalue weighted by Crippen LogP contribution is 2.27. The van der Waals surface area contributed by atoms with Gasteiger partial charge in [0, 0.05) is 35.3 Å². The quantitative estimate of drug-likeness (QED) is 0.772. The second-order valence-corrected chi connectivity index (χ2v) is 5.19. The third kappa shape index (κ3) is 2.90. The van der Waals surface area contributed by atoms with Crippen LogP contribution in [0.4, 0.5) is 4.39 Å². The fourth-order valence-corrected chi connectivity index (χ4v) is 2.71. The van der Waals surface area contributed by atoms with Crippen molar-refractivity contribution in [1.82, 2.24) is 4.57 Å². The number of carboxylic acid groups (broad SMARTS) is 1. The van der Waals surface area contributed by atoms with Crippen molar-refractivity contribution in [1.29, 1.82) is 0 Å². The predicted octanol–water partition coefficient (Wildman–Crippen LogP) is 4.08. The van der Waals surface area contributed by atoms with Crippen LogP contribution in [0.2, 0.25) is 0 Å². The molecule has 0 bridgehead atoms. The second-order valence-electron chi connectivity index (χ2n) is 5.19. The zero-order valence-corrected chi connectivity index (χ0v) is 12.6. The molecule has 0 fully saturated rings. The third-order valence-electron chi connectivity index (χ3n) is 3.75. The summed E-state index contributed by atoms with van der Waals surface area (Å²) >= 11 is 0. The van der Waals surface area contributed by atoms with Crippen molar-refractivity contribution < 1.29 is 19.0 Å². The van der Waals surface area contributed by atoms with Crippen molar-refractivity contribution in [2.24, 2.45) is 0 Å². The minimum absolute atomic E-state index is 0.178. The maximum absolute atomic E-state index is 13.2. The van der Waals surface area contributed by atoms with Gasteiger partial charge in [-0.25, -0.2) is 9.18 Å². The monoisotopic (exact) mass is 313 g/mol. The molecule has 0 unspecified atom stereocenters. The van der Waals surface area contributed by atoms with Crippen LogP contribution in [0.25, 0.3) is 10.9 Å². The van der Waals surface area contributed by atoms with Crippen LogP contribution in [0, 0.1) is 5.82 Å². The smallest absolute Gasteiger partial charge is 0.336 e. The molecule has 1 N–H and O–H groups in total. The number of rotatable bonds is 5. The SMILES string of the molecule is CCn1cc(COc2cccc(F)c2)c2c(C(=O)O)cccc21. The highest BCUT2D eigenvalue weighted by molar-refractivity contribution is 6.04. The molecule has 0 radical (unpaired) electrons. The molecule has 5 heteroatoms. The van der Waals surface area contributed by atoms with Crippen LogP contribution in [0.3, 0.4) is 0 Å². The summed E-state index contributed by atoms with van der Waals surface area (Å²) in [7, 11) is 0. The van der Waals surface area contributed by atoms with Crippen LogP contribution in [-0.2, 0) is 13.2 Å². The van der Waals surface area contributed by atoms with Crippen LogP contribution in [0.15, 0.2) is 48.7 Å². The molecule has 0 amide bonds. The number of carboxylic acids is 1. The molecular formula is C18H16FNO3. The molecule has 4 nitrogen and oxygen atoms in total. The highest BCUT2D eigenvalue weighted by Gasteiger charge is 2.16. The molecule has 0 spiro atoms. The van der Waals surface area contributed by atoms with Gasteiger partial charge in [-0.1, -0.05) is 12.1 Å². The Balaban J connectivity index is 2.01. The summed E-state index contributed by atoms with van der Waals surface area (Å²) in [4.78, 5) is 11.5. The van der Waals surface area contributed by atoms with Crippen molar-refractivity contribution in [2.45, 2.75) is 20.1 Å². The van der Waals surface area contributed by atoms with Gasteiger partial charge in [0.05, 0.1) is 5.56 Å². The topological polar surface area (TPSA) is 51.5 Å². The minimum atomic E-state index is -0.976. The number of hydrogen-bond donors (Lipinski definition) is 1. The molecule has 0 saturated heterocycles. The van der Waals surface area contributed by atoms with Gasteiger partial charge in [-0.15, -0.1) is 0 Å². The number of aryl methyl sites for hydroxylation is 1. The first kappa shape index (κ1) is 15.1. The van der Waals surface area contributed by atoms with Crippen LogP contribution < -0.4 is 4.74 Å². The summed E-state index contributed by atoms with van der Waals surface area (Å²) < 4.78 is 20.8. The van der Waals surface area contributed by atoms with E-state index >= 15 is 0 Å². The van der Waals surface area contributed by atoms with Gasteiger partial charge in [0.2, 0.25) is 0 Å². The Bertz CT molecular complexity index is 870. The summed E-state index contributed by atoms with van der Waals surface area (Å²) in [5.41, 5.74) is 1.86. The number of nitrogens with zero attached hydrogens (tertiary/aromatic N) is 1. The average Bonchev–Trinajstić information content (AvgIpc) is 2.91. The normalized spacial score (nSPS) is 10.9. The Morgan fingerprint density at radius 1 is 1.26 bits per heavy atom. The van der Waals surface area contributed by atoms with Crippen molar-refractivity contribution in [3.63, 3.8) is 0 Å². The van der Waals surface area contributed by atoms with Gasteiger partial charge in [0.1, 0.15) is 18.2 Å². The van der Waals surface area contributed by atoms with Crippen molar-refractivity contribution in [2.75, 3.05) is 0 Å². The van der Waals surface area contributed by atoms with Gasteiger partial charge in [0.15, 0.2) is 0 Å². The van der Waals surface area contributed by atoms with E-state index in [-0.39, 0.29) is 18.0 Å². The predicted molar refractivity (Wildman–Crippen MR) is 85.3 cm³/mol. The van der Waals surface area contributed by atoms with E-state index in [9.17, 15) is 14.3 Å². The number of halogens is 1. The molecule has 1 heterocycles. The molecule has 1 aromatic heterocycles. The van der Waals surface area contributed by atoms with Crippen molar-refractivity contribution in [3.8, 4) is 5.75 Å². The Kier molecular flexibility index (Phi) is 4.02. The molecule has 0 aliphatic rings. The lowest BCUT2D eigenvalue weighted by Crippen LogP contribution is -2.00. The van der Waals surface area contributed by atoms with E-state index in [0.717, 1.165) is 17.6 Å². The number of carbonyl (C=O) groups is 1. The fourth-order valence-electron chi connectivity index (χ4n) is 2.71. The Labute approximate surface area is 132 Å². The van der Waals surface area contributed by atoms with Gasteiger partial charge in [-0.2, -0.15) is 0 Å². The van der Waals surface area contributed by atoms with Crippen LogP contribution in [0.5, 0.6) is 5.75 Å². The molecule has 23 heavy (non-hydrogen) atoms. The average molecular weight is 313 g/mol. The Morgan fingerprint density at radius 3 is 2.74 bits per heavy atom. The molecule has 0 aliphatic carbocycles. The van der Waals surface area contributed by atoms with Crippen LogP contribution >= 0.6 is 0 Å². The third-order valence-corrected chi connectivity index (χ3v) is 3.75. The molecule has 118 valence electrons. The van der Waals surface area contributed by atoms with E-state index in [1.807, 2.05) is 23.8 Å². The van der Waals surface area contributed by atoms with Gasteiger partial charge >= 0.3 is 5.97 Å². The van der Waals surface area contributed by atoms with Gasteiger partial charge in [-0.05, 0) is 31.2 Å². The van der Waals surface area contributed by atoms with E-state index in [1.54, 1.807) is 24.3 Å². The summed E-state index contributed by atoms with van der Waals surface area (Å²) in [6.45, 7) is 2.89. The Hall–Kier alpha value is -2.82. The number of fused-ring (bicyclic) bond motifs is 1. The maximum atomic E-state index is 13.2. The summed E-state index contributed by atoms with van der Waals surface area (Å²) in [5, 5.41) is 10.1. The maximum Gasteiger partial charge on any atom is 0.336 e. The van der Waals surface area contributed by atoms with Crippen molar-refractivity contribution in [3.05, 3.63) is 65.6 Å². The van der Waals surface area contributed by atoms with Gasteiger partial charge in [-0.3, -0.25) is 0 Å². The molecule has 2 aromatic carbocycles. The minimum Gasteiger partial charge on any atom is -0.489 e. The molecule has 0 atom stereocenters. The lowest BCUT2D eigenvalue weighted by molar-refractivity contribution is 0.0699. The van der Waals surface area contributed by atoms with Crippen LogP contribution in [0.1, 0.15) is 22.8 Å². The number of hydrogen-bond acceptors (Lipinski definition) is 2. The zero-order chi connectivity index (χ0) is 16.4. The first-order chi connectivity index (χ1) is 11.1. The summed E-state index contributed by atoms with van der Waals surface area (Å²) in [6.07, 6.45) is 1.89. The first-order valence-corrected chi connectivity index (χ1v) is 7.32. The van der Waals surface area contributed by atoms with E-state index in [2.05, 4.69) is 0 Å². The zero-order valence-electron chi connectivity index (χ0n) is 12.6. The number of benzene rings is 2. The first-order valence-electron chi connectivity index (χ1n) is 7.32. The molecule has 0 aliphatic heterocycles. The molecular weight excluding hydrogens is 297 g/mol. The number of aromatic carboxylic acids is 1. The molecule has 3 aromatic rings. The highest BCUT2D eigenvalue weighted by atomic mass is 19.1. The Morgan fingerprint density at radius 2 is 2.04 bits per heavy atom. The number of ether oxygens (including phenoxy) is 1. The summed E-state index contributed by atoms with van der Waals surface area (Å²) in [5.74, 6) is -0.934. The van der Waals surface area contributed by atoms with Gasteiger partial charge < -0.3 is 14.4 Å².